The van der Waals surface area contributed by atoms with Gasteiger partial charge in [-0.1, -0.05) is 51.9 Å². The summed E-state index contributed by atoms with van der Waals surface area (Å²) in [7, 11) is 5.04. The fourth-order valence-electron chi connectivity index (χ4n) is 3.52. The lowest BCUT2D eigenvalue weighted by Crippen LogP contribution is -2.44. The van der Waals surface area contributed by atoms with E-state index in [9.17, 15) is 0 Å². The number of hydrogen-bond donors (Lipinski definition) is 0. The maximum atomic E-state index is 5.62. The molecule has 4 nitrogen and oxygen atoms in total. The van der Waals surface area contributed by atoms with E-state index in [1.807, 2.05) is 0 Å². The average molecular weight is 331 g/mol. The average Bonchev–Trinajstić information content (AvgIpc) is 2.54. The molecular formula is C19H38O4. The molecule has 1 aliphatic rings. The molecule has 0 aliphatic carbocycles. The van der Waals surface area contributed by atoms with Crippen molar-refractivity contribution in [2.45, 2.75) is 77.1 Å². The van der Waals surface area contributed by atoms with Crippen molar-refractivity contribution in [1.82, 2.24) is 0 Å². The molecule has 138 valence electrons. The zero-order valence-corrected chi connectivity index (χ0v) is 15.8. The van der Waals surface area contributed by atoms with Gasteiger partial charge in [0.15, 0.2) is 0 Å². The summed E-state index contributed by atoms with van der Waals surface area (Å²) >= 11 is 0. The molecular weight excluding hydrogens is 292 g/mol. The number of hydrogen-bond acceptors (Lipinski definition) is 4. The number of unbranched alkanes of at least 4 members (excludes halogenated alkanes) is 5. The van der Waals surface area contributed by atoms with Crippen LogP contribution < -0.4 is 0 Å². The quantitative estimate of drug-likeness (QED) is 0.320. The fourth-order valence-corrected chi connectivity index (χ4v) is 3.52. The van der Waals surface area contributed by atoms with Gasteiger partial charge in [-0.25, -0.2) is 0 Å². The number of methoxy groups -OCH3 is 3. The van der Waals surface area contributed by atoms with Crippen molar-refractivity contribution in [3.63, 3.8) is 0 Å². The number of ether oxygens (including phenoxy) is 4. The molecule has 0 N–H and O–H groups in total. The third-order valence-corrected chi connectivity index (χ3v) is 5.13. The normalized spacial score (nSPS) is 17.2. The second kappa shape index (κ2) is 12.2. The Bertz CT molecular complexity index is 266. The minimum atomic E-state index is -0.889. The zero-order valence-electron chi connectivity index (χ0n) is 15.8. The first kappa shape index (κ1) is 20.9. The Morgan fingerprint density at radius 1 is 0.870 bits per heavy atom. The molecule has 0 aromatic carbocycles. The standard InChI is InChI=1S/C19H38O4/c1-5-6-7-8-9-10-13-18(19(20-2,21-3)22-4)14-11-12-17-15-23-16-17/h17-18H,5-16H2,1-4H3. The van der Waals surface area contributed by atoms with Gasteiger partial charge in [0.25, 0.3) is 5.97 Å². The van der Waals surface area contributed by atoms with Crippen LogP contribution >= 0.6 is 0 Å². The van der Waals surface area contributed by atoms with Gasteiger partial charge in [-0.3, -0.25) is 0 Å². The largest absolute Gasteiger partial charge is 0.381 e. The summed E-state index contributed by atoms with van der Waals surface area (Å²) in [5.74, 6) is 0.154. The highest BCUT2D eigenvalue weighted by Gasteiger charge is 2.39. The van der Waals surface area contributed by atoms with Crippen LogP contribution in [0.3, 0.4) is 0 Å². The van der Waals surface area contributed by atoms with Crippen LogP contribution in [0, 0.1) is 11.8 Å². The molecule has 1 heterocycles. The lowest BCUT2D eigenvalue weighted by Gasteiger charge is -2.37. The predicted octanol–water partition coefficient (Wildman–Crippen LogP) is 4.76. The Labute approximate surface area is 143 Å². The van der Waals surface area contributed by atoms with Gasteiger partial charge in [-0.05, 0) is 19.3 Å². The van der Waals surface area contributed by atoms with Crippen molar-refractivity contribution in [3.05, 3.63) is 0 Å². The Kier molecular flexibility index (Phi) is 11.1. The Balaban J connectivity index is 2.39. The van der Waals surface area contributed by atoms with Crippen LogP contribution in [0.15, 0.2) is 0 Å². The molecule has 1 unspecified atom stereocenters. The van der Waals surface area contributed by atoms with Crippen LogP contribution in [0.2, 0.25) is 0 Å². The van der Waals surface area contributed by atoms with Crippen LogP contribution in [0.25, 0.3) is 0 Å². The molecule has 0 saturated carbocycles. The van der Waals surface area contributed by atoms with Crippen LogP contribution in [-0.4, -0.2) is 40.5 Å². The SMILES string of the molecule is CCCCCCCCC(CCCC1COC1)C(OC)(OC)OC. The maximum Gasteiger partial charge on any atom is 0.285 e. The van der Waals surface area contributed by atoms with E-state index in [1.54, 1.807) is 21.3 Å². The first-order chi connectivity index (χ1) is 11.2. The van der Waals surface area contributed by atoms with Gasteiger partial charge in [0.2, 0.25) is 0 Å². The van der Waals surface area contributed by atoms with Crippen LogP contribution in [0.1, 0.15) is 71.1 Å². The second-order valence-corrected chi connectivity index (χ2v) is 6.80. The molecule has 0 radical (unpaired) electrons. The summed E-state index contributed by atoms with van der Waals surface area (Å²) < 4.78 is 22.1. The van der Waals surface area contributed by atoms with E-state index in [0.29, 0.717) is 0 Å². The summed E-state index contributed by atoms with van der Waals surface area (Å²) in [6.45, 7) is 4.13. The summed E-state index contributed by atoms with van der Waals surface area (Å²) in [5, 5.41) is 0. The lowest BCUT2D eigenvalue weighted by molar-refractivity contribution is -0.380. The molecule has 0 aromatic rings. The molecule has 1 saturated heterocycles. The molecule has 0 aromatic heterocycles. The van der Waals surface area contributed by atoms with E-state index in [2.05, 4.69) is 6.92 Å². The summed E-state index contributed by atoms with van der Waals surface area (Å²) in [6, 6.07) is 0. The van der Waals surface area contributed by atoms with Gasteiger partial charge in [0.05, 0.1) is 13.2 Å². The van der Waals surface area contributed by atoms with E-state index in [4.69, 9.17) is 18.9 Å². The topological polar surface area (TPSA) is 36.9 Å². The van der Waals surface area contributed by atoms with Crippen molar-refractivity contribution in [3.8, 4) is 0 Å². The van der Waals surface area contributed by atoms with E-state index in [1.165, 1.54) is 51.4 Å². The Morgan fingerprint density at radius 3 is 1.96 bits per heavy atom. The maximum absolute atomic E-state index is 5.62. The summed E-state index contributed by atoms with van der Waals surface area (Å²) in [6.07, 6.45) is 12.5. The van der Waals surface area contributed by atoms with Crippen LogP contribution in [0.4, 0.5) is 0 Å². The van der Waals surface area contributed by atoms with Crippen LogP contribution in [-0.2, 0) is 18.9 Å². The molecule has 1 rings (SSSR count). The van der Waals surface area contributed by atoms with Gasteiger partial charge in [0, 0.05) is 33.2 Å². The van der Waals surface area contributed by atoms with E-state index in [0.717, 1.165) is 32.0 Å². The van der Waals surface area contributed by atoms with Crippen LogP contribution in [0.5, 0.6) is 0 Å². The van der Waals surface area contributed by atoms with Gasteiger partial charge in [-0.2, -0.15) is 0 Å². The molecule has 4 heteroatoms. The fraction of sp³-hybridized carbons (Fsp3) is 1.00. The molecule has 1 atom stereocenters. The highest BCUT2D eigenvalue weighted by atomic mass is 16.9. The van der Waals surface area contributed by atoms with Gasteiger partial charge >= 0.3 is 0 Å². The van der Waals surface area contributed by atoms with Gasteiger partial charge in [0.1, 0.15) is 0 Å². The van der Waals surface area contributed by atoms with E-state index < -0.39 is 5.97 Å². The third-order valence-electron chi connectivity index (χ3n) is 5.13. The van der Waals surface area contributed by atoms with E-state index >= 15 is 0 Å². The molecule has 1 aliphatic heterocycles. The molecule has 23 heavy (non-hydrogen) atoms. The number of rotatable bonds is 15. The van der Waals surface area contributed by atoms with Crippen molar-refractivity contribution >= 4 is 0 Å². The van der Waals surface area contributed by atoms with Crippen molar-refractivity contribution < 1.29 is 18.9 Å². The van der Waals surface area contributed by atoms with Crippen molar-refractivity contribution in [1.29, 1.82) is 0 Å². The minimum absolute atomic E-state index is 0.287. The highest BCUT2D eigenvalue weighted by molar-refractivity contribution is 4.73. The highest BCUT2D eigenvalue weighted by Crippen LogP contribution is 2.33. The smallest absolute Gasteiger partial charge is 0.285 e. The Hall–Kier alpha value is -0.160. The van der Waals surface area contributed by atoms with Crippen molar-refractivity contribution in [2.75, 3.05) is 34.5 Å². The first-order valence-corrected chi connectivity index (χ1v) is 9.45. The van der Waals surface area contributed by atoms with E-state index in [-0.39, 0.29) is 5.92 Å². The molecule has 0 bridgehead atoms. The lowest BCUT2D eigenvalue weighted by atomic mass is 9.90. The summed E-state index contributed by atoms with van der Waals surface area (Å²) in [5.41, 5.74) is 0. The predicted molar refractivity (Wildman–Crippen MR) is 93.4 cm³/mol. The first-order valence-electron chi connectivity index (χ1n) is 9.45. The van der Waals surface area contributed by atoms with Crippen molar-refractivity contribution in [2.24, 2.45) is 11.8 Å². The van der Waals surface area contributed by atoms with Gasteiger partial charge in [-0.15, -0.1) is 0 Å². The summed E-state index contributed by atoms with van der Waals surface area (Å²) in [4.78, 5) is 0. The zero-order chi connectivity index (χ0) is 17.0. The molecule has 1 fully saturated rings. The monoisotopic (exact) mass is 330 g/mol. The minimum Gasteiger partial charge on any atom is -0.381 e. The second-order valence-electron chi connectivity index (χ2n) is 6.80. The Morgan fingerprint density at radius 2 is 1.43 bits per heavy atom. The van der Waals surface area contributed by atoms with Gasteiger partial charge < -0.3 is 18.9 Å². The molecule has 0 spiro atoms. The third kappa shape index (κ3) is 7.08. The molecule has 0 amide bonds.